The van der Waals surface area contributed by atoms with Gasteiger partial charge in [0.25, 0.3) is 0 Å². The fourth-order valence-electron chi connectivity index (χ4n) is 23.0. The molecule has 7 nitrogen and oxygen atoms in total. The van der Waals surface area contributed by atoms with Gasteiger partial charge in [0, 0.05) is 80.7 Å². The second-order valence-corrected chi connectivity index (χ2v) is 38.8. The first-order valence-electron chi connectivity index (χ1n) is 51.2. The van der Waals surface area contributed by atoms with Crippen molar-refractivity contribution >= 4 is 146 Å². The first-order chi connectivity index (χ1) is 74.4. The standard InChI is InChI=1S/C49H32N2.C47H30N3.C47H30N2/c1-3-14-35(15-4-1)47-41-19-9-10-20-42(41)48(39-24-23-33-13-7-8-18-37(33)31-39)43-30-27-38(32-44(43)47)34-25-28-40(29-26-34)51-46-22-12-11-21-45(46)50-49(51)36-16-5-2-6-17-36;1-2-10-32-25-35(17-16-31(32)9-1)46-40-13-4-5-14-41(40)47(37-18-21-39-12-7-8-24-50(39)30-37)42-22-19-33(27-43(42)46)36-20-23-45(48-28-36)38-26-34-11-3-6-15-44(34)49-29-38;1-2-16-38(17-3-1)49-44-21-11-10-20-43(44)48-47(49)37-26-27-41-42(30-37)46(36-25-23-32-13-5-7-15-34(32)29-36)40-19-9-8-18-39(40)45(41)35-24-22-31-12-4-6-14-33(31)28-35/h1-32H;1-30H;1-30H/q;+1;. The Labute approximate surface area is 866 Å². The molecule has 0 saturated heterocycles. The molecule has 30 rings (SSSR count). The van der Waals surface area contributed by atoms with E-state index in [4.69, 9.17) is 15.0 Å². The predicted molar refractivity (Wildman–Crippen MR) is 630 cm³/mol. The van der Waals surface area contributed by atoms with Crippen LogP contribution in [-0.2, 0) is 0 Å². The van der Waals surface area contributed by atoms with E-state index in [1.807, 2.05) is 36.7 Å². The Kier molecular flexibility index (Phi) is 21.8. The Hall–Kier alpha value is -20.0. The lowest BCUT2D eigenvalue weighted by atomic mass is 9.84. The summed E-state index contributed by atoms with van der Waals surface area (Å²) in [6, 6.07) is 192. The summed E-state index contributed by atoms with van der Waals surface area (Å²) in [5, 5.41) is 25.9. The van der Waals surface area contributed by atoms with Crippen LogP contribution in [0.3, 0.4) is 0 Å². The SMILES string of the molecule is c1ccc(-c2c3ccccc3c(-c3ccc4ccccc4c3)c3ccc(-c4ccc(-n5c(-c6ccccc6)nc6ccccc65)cc4)cc23)cc1.c1ccc(-n2c(-c3ccc4c(-c5ccc6ccccc6c5)c5ccccc5c(-c5ccc6ccccc6c5)c4c3)nc3ccccc32)cc1.c1ccc2cc(-c3c4ccccc4c(-c4ccc5cccc[n+]5c4)c4ccc(-c5ccc(-c6cnc7ccccc7c6)nc5)cc34)ccc2c1. The van der Waals surface area contributed by atoms with Crippen molar-refractivity contribution < 1.29 is 4.40 Å². The van der Waals surface area contributed by atoms with Gasteiger partial charge < -0.3 is 0 Å². The third kappa shape index (κ3) is 15.8. The van der Waals surface area contributed by atoms with Crippen molar-refractivity contribution in [2.45, 2.75) is 0 Å². The molecule has 6 aromatic heterocycles. The highest BCUT2D eigenvalue weighted by Gasteiger charge is 2.27. The zero-order chi connectivity index (χ0) is 99.1. The molecule has 0 radical (unpaired) electrons. The average molecular weight is 1910 g/mol. The lowest BCUT2D eigenvalue weighted by Gasteiger charge is -2.19. The Morgan fingerprint density at radius 1 is 0.167 bits per heavy atom. The van der Waals surface area contributed by atoms with Crippen LogP contribution in [0.2, 0.25) is 0 Å². The molecule has 0 aliphatic rings. The van der Waals surface area contributed by atoms with E-state index in [1.54, 1.807) is 0 Å². The molecule has 6 heterocycles. The molecule has 7 heteroatoms. The minimum absolute atomic E-state index is 0.909. The fourth-order valence-corrected chi connectivity index (χ4v) is 23.0. The van der Waals surface area contributed by atoms with Crippen LogP contribution in [0.1, 0.15) is 0 Å². The van der Waals surface area contributed by atoms with Crippen molar-refractivity contribution in [1.29, 1.82) is 0 Å². The van der Waals surface area contributed by atoms with Crippen LogP contribution in [0, 0.1) is 0 Å². The van der Waals surface area contributed by atoms with Gasteiger partial charge in [0.1, 0.15) is 11.6 Å². The Balaban J connectivity index is 0.000000108. The smallest absolute Gasteiger partial charge is 0.210 e. The number of pyridine rings is 4. The second-order valence-electron chi connectivity index (χ2n) is 38.8. The van der Waals surface area contributed by atoms with E-state index >= 15 is 0 Å². The van der Waals surface area contributed by atoms with Crippen molar-refractivity contribution in [3.05, 3.63) is 559 Å². The molecule has 24 aromatic carbocycles. The van der Waals surface area contributed by atoms with Gasteiger partial charge in [-0.1, -0.05) is 394 Å². The normalized spacial score (nSPS) is 11.6. The second kappa shape index (κ2) is 37.3. The van der Waals surface area contributed by atoms with Gasteiger partial charge in [0.15, 0.2) is 12.4 Å². The molecule has 698 valence electrons. The molecule has 0 aliphatic carbocycles. The van der Waals surface area contributed by atoms with E-state index in [1.165, 1.54) is 186 Å². The highest BCUT2D eigenvalue weighted by Crippen LogP contribution is 2.51. The van der Waals surface area contributed by atoms with Gasteiger partial charge >= 0.3 is 0 Å². The van der Waals surface area contributed by atoms with Crippen LogP contribution in [0.15, 0.2) is 559 Å². The summed E-state index contributed by atoms with van der Waals surface area (Å²) in [6.07, 6.45) is 8.27. The largest absolute Gasteiger partial charge is 0.292 e. The lowest BCUT2D eigenvalue weighted by Crippen LogP contribution is -2.20. The summed E-state index contributed by atoms with van der Waals surface area (Å²) >= 11 is 0. The topological polar surface area (TPSA) is 65.5 Å². The molecule has 0 fully saturated rings. The molecule has 0 amide bonds. The first-order valence-corrected chi connectivity index (χ1v) is 51.2. The van der Waals surface area contributed by atoms with Gasteiger partial charge in [-0.15, -0.1) is 0 Å². The number of rotatable bonds is 13. The summed E-state index contributed by atoms with van der Waals surface area (Å²) in [5.74, 6) is 1.87. The monoisotopic (exact) mass is 1910 g/mol. The zero-order valence-corrected chi connectivity index (χ0v) is 81.7. The molecule has 0 atom stereocenters. The average Bonchev–Trinajstić information content (AvgIpc) is 1.000. The van der Waals surface area contributed by atoms with Crippen molar-refractivity contribution in [1.82, 2.24) is 29.1 Å². The third-order valence-corrected chi connectivity index (χ3v) is 30.1. The predicted octanol–water partition coefficient (Wildman–Crippen LogP) is 37.3. The maximum absolute atomic E-state index is 5.25. The molecular formula is C143H92N7+. The molecule has 0 N–H and O–H groups in total. The number of nitrogens with zero attached hydrogens (tertiary/aromatic N) is 7. The number of aromatic nitrogens is 7. The summed E-state index contributed by atoms with van der Waals surface area (Å²) in [5.41, 5.74) is 31.9. The molecule has 150 heavy (non-hydrogen) atoms. The molecule has 0 spiro atoms. The Morgan fingerprint density at radius 2 is 0.487 bits per heavy atom. The zero-order valence-electron chi connectivity index (χ0n) is 81.7. The van der Waals surface area contributed by atoms with Gasteiger partial charge in [-0.25, -0.2) is 9.97 Å². The van der Waals surface area contributed by atoms with Crippen molar-refractivity contribution in [3.63, 3.8) is 0 Å². The van der Waals surface area contributed by atoms with Gasteiger partial charge in [0.05, 0.1) is 33.3 Å². The van der Waals surface area contributed by atoms with Crippen LogP contribution in [0.5, 0.6) is 0 Å². The van der Waals surface area contributed by atoms with Crippen LogP contribution >= 0.6 is 0 Å². The van der Waals surface area contributed by atoms with E-state index in [0.717, 1.165) is 95.0 Å². The lowest BCUT2D eigenvalue weighted by molar-refractivity contribution is -0.511. The summed E-state index contributed by atoms with van der Waals surface area (Å²) in [7, 11) is 0. The van der Waals surface area contributed by atoms with Crippen LogP contribution in [0.4, 0.5) is 0 Å². The highest BCUT2D eigenvalue weighted by molar-refractivity contribution is 6.26. The third-order valence-electron chi connectivity index (χ3n) is 30.1. The van der Waals surface area contributed by atoms with E-state index < -0.39 is 0 Å². The van der Waals surface area contributed by atoms with E-state index in [2.05, 4.69) is 540 Å². The van der Waals surface area contributed by atoms with Gasteiger partial charge in [-0.3, -0.25) is 19.1 Å². The molecule has 0 saturated carbocycles. The minimum atomic E-state index is 0.909. The highest BCUT2D eigenvalue weighted by atomic mass is 15.1. The summed E-state index contributed by atoms with van der Waals surface area (Å²) in [4.78, 5) is 19.9. The van der Waals surface area contributed by atoms with Crippen LogP contribution in [-0.4, -0.2) is 29.1 Å². The number of imidazole rings is 2. The molecule has 0 aliphatic heterocycles. The van der Waals surface area contributed by atoms with Gasteiger partial charge in [0.2, 0.25) is 5.52 Å². The quantitative estimate of drug-likeness (QED) is 0.0852. The Morgan fingerprint density at radius 3 is 0.960 bits per heavy atom. The number of hydrogen-bond acceptors (Lipinski definition) is 4. The molecule has 0 bridgehead atoms. The first kappa shape index (κ1) is 87.8. The van der Waals surface area contributed by atoms with E-state index in [0.29, 0.717) is 0 Å². The molecule has 0 unspecified atom stereocenters. The summed E-state index contributed by atoms with van der Waals surface area (Å²) < 4.78 is 6.77. The van der Waals surface area contributed by atoms with Crippen LogP contribution < -0.4 is 4.40 Å². The fraction of sp³-hybridized carbons (Fsp3) is 0. The number of fused-ring (bicyclic) bond motifs is 14. The minimum Gasteiger partial charge on any atom is -0.292 e. The van der Waals surface area contributed by atoms with Crippen molar-refractivity contribution in [2.24, 2.45) is 0 Å². The van der Waals surface area contributed by atoms with E-state index in [9.17, 15) is 0 Å². The number of hydrogen-bond donors (Lipinski definition) is 0. The Bertz CT molecular complexity index is 10600. The van der Waals surface area contributed by atoms with Gasteiger partial charge in [-0.05, 0) is 301 Å². The van der Waals surface area contributed by atoms with E-state index in [-0.39, 0.29) is 0 Å². The maximum Gasteiger partial charge on any atom is 0.210 e. The van der Waals surface area contributed by atoms with Crippen molar-refractivity contribution in [3.8, 4) is 134 Å². The number of benzene rings is 24. The maximum atomic E-state index is 5.25. The molecule has 30 aromatic rings. The van der Waals surface area contributed by atoms with Gasteiger partial charge in [-0.2, -0.15) is 4.40 Å². The van der Waals surface area contributed by atoms with Crippen molar-refractivity contribution in [2.75, 3.05) is 0 Å². The van der Waals surface area contributed by atoms with Crippen LogP contribution in [0.25, 0.3) is 281 Å². The summed E-state index contributed by atoms with van der Waals surface area (Å²) in [6.45, 7) is 0. The molecular weight excluding hydrogens is 1820 g/mol. The number of para-hydroxylation sites is 6.